The van der Waals surface area contributed by atoms with E-state index in [0.29, 0.717) is 36.7 Å². The number of aryl methyl sites for hydroxylation is 2. The van der Waals surface area contributed by atoms with Gasteiger partial charge in [-0.1, -0.05) is 11.6 Å². The summed E-state index contributed by atoms with van der Waals surface area (Å²) in [4.78, 5) is 16.3. The number of benzene rings is 1. The molecule has 1 saturated carbocycles. The molecule has 1 aromatic carbocycles. The summed E-state index contributed by atoms with van der Waals surface area (Å²) >= 11 is 0. The fourth-order valence-corrected chi connectivity index (χ4v) is 3.53. The molecule has 7 nitrogen and oxygen atoms in total. The van der Waals surface area contributed by atoms with Crippen LogP contribution in [0.5, 0.6) is 11.5 Å². The molecule has 1 N–H and O–H groups in total. The Hall–Kier alpha value is -2.57. The summed E-state index contributed by atoms with van der Waals surface area (Å²) in [6, 6.07) is 5.57. The quantitative estimate of drug-likeness (QED) is 0.876. The van der Waals surface area contributed by atoms with E-state index in [9.17, 15) is 4.79 Å². The molecule has 2 aromatic rings. The molecule has 0 saturated heterocycles. The molecule has 4 rings (SSSR count). The molecule has 1 spiro atoms. The number of anilines is 1. The number of nitrogens with one attached hydrogen (secondary N) is 1. The first-order chi connectivity index (χ1) is 12.6. The number of fused-ring (bicyclic) bond motifs is 1. The highest BCUT2D eigenvalue weighted by molar-refractivity contribution is 5.91. The molecule has 0 bridgehead atoms. The topological polar surface area (TPSA) is 86.5 Å². The second-order valence-corrected chi connectivity index (χ2v) is 6.97. The lowest BCUT2D eigenvalue weighted by molar-refractivity contribution is -0.116. The zero-order valence-electron chi connectivity index (χ0n) is 14.9. The number of amides is 1. The van der Waals surface area contributed by atoms with E-state index < -0.39 is 5.79 Å². The Morgan fingerprint density at radius 2 is 2.00 bits per heavy atom. The molecule has 0 atom stereocenters. The van der Waals surface area contributed by atoms with Crippen LogP contribution in [0.1, 0.15) is 56.7 Å². The molecule has 7 heteroatoms. The summed E-state index contributed by atoms with van der Waals surface area (Å²) in [5.74, 6) is 2.11. The van der Waals surface area contributed by atoms with Crippen molar-refractivity contribution in [3.8, 4) is 11.5 Å². The molecule has 0 unspecified atom stereocenters. The van der Waals surface area contributed by atoms with Gasteiger partial charge in [-0.25, -0.2) is 0 Å². The number of carbonyl (C=O) groups is 1. The zero-order valence-corrected chi connectivity index (χ0v) is 14.9. The number of carbonyl (C=O) groups excluding carboxylic acids is 1. The van der Waals surface area contributed by atoms with Crippen molar-refractivity contribution in [2.24, 2.45) is 0 Å². The van der Waals surface area contributed by atoms with Crippen molar-refractivity contribution in [1.82, 2.24) is 10.1 Å². The molecule has 26 heavy (non-hydrogen) atoms. The molecule has 1 aliphatic carbocycles. The van der Waals surface area contributed by atoms with Crippen LogP contribution < -0.4 is 14.8 Å². The van der Waals surface area contributed by atoms with Gasteiger partial charge in [-0.3, -0.25) is 4.79 Å². The highest BCUT2D eigenvalue weighted by atomic mass is 16.7. The third kappa shape index (κ3) is 3.66. The van der Waals surface area contributed by atoms with Crippen molar-refractivity contribution in [3.05, 3.63) is 29.9 Å². The Morgan fingerprint density at radius 3 is 2.77 bits per heavy atom. The van der Waals surface area contributed by atoms with Crippen molar-refractivity contribution >= 4 is 11.6 Å². The van der Waals surface area contributed by atoms with E-state index >= 15 is 0 Å². The van der Waals surface area contributed by atoms with E-state index in [1.165, 1.54) is 6.42 Å². The Balaban J connectivity index is 1.30. The second kappa shape index (κ2) is 6.97. The van der Waals surface area contributed by atoms with E-state index in [0.717, 1.165) is 37.1 Å². The van der Waals surface area contributed by atoms with Gasteiger partial charge in [0.1, 0.15) is 0 Å². The van der Waals surface area contributed by atoms with Crippen LogP contribution in [0.25, 0.3) is 0 Å². The minimum absolute atomic E-state index is 0.0486. The van der Waals surface area contributed by atoms with Crippen LogP contribution in [0.4, 0.5) is 5.69 Å². The smallest absolute Gasteiger partial charge is 0.251 e. The largest absolute Gasteiger partial charge is 0.448 e. The van der Waals surface area contributed by atoms with Gasteiger partial charge in [0.05, 0.1) is 0 Å². The molecule has 2 heterocycles. The molecule has 2 aliphatic rings. The lowest BCUT2D eigenvalue weighted by Gasteiger charge is -2.31. The molecule has 1 aromatic heterocycles. The fraction of sp³-hybridized carbons (Fsp3) is 0.526. The Morgan fingerprint density at radius 1 is 1.19 bits per heavy atom. The summed E-state index contributed by atoms with van der Waals surface area (Å²) in [6.45, 7) is 1.77. The summed E-state index contributed by atoms with van der Waals surface area (Å²) in [5, 5.41) is 6.65. The van der Waals surface area contributed by atoms with Gasteiger partial charge in [0.15, 0.2) is 17.3 Å². The van der Waals surface area contributed by atoms with Crippen LogP contribution in [0.15, 0.2) is 22.7 Å². The Bertz CT molecular complexity index is 796. The predicted molar refractivity (Wildman–Crippen MR) is 94.1 cm³/mol. The van der Waals surface area contributed by atoms with Crippen LogP contribution in [-0.4, -0.2) is 21.8 Å². The summed E-state index contributed by atoms with van der Waals surface area (Å²) < 4.78 is 17.2. The number of hydrogen-bond acceptors (Lipinski definition) is 6. The van der Waals surface area contributed by atoms with Crippen molar-refractivity contribution < 1.29 is 18.8 Å². The van der Waals surface area contributed by atoms with E-state index in [1.54, 1.807) is 6.92 Å². The first-order valence-electron chi connectivity index (χ1n) is 9.23. The van der Waals surface area contributed by atoms with E-state index in [-0.39, 0.29) is 5.91 Å². The van der Waals surface area contributed by atoms with Gasteiger partial charge in [0, 0.05) is 37.4 Å². The van der Waals surface area contributed by atoms with Gasteiger partial charge in [0.25, 0.3) is 5.79 Å². The molecule has 138 valence electrons. The number of rotatable bonds is 5. The monoisotopic (exact) mass is 357 g/mol. The minimum Gasteiger partial charge on any atom is -0.448 e. The van der Waals surface area contributed by atoms with Gasteiger partial charge in [-0.2, -0.15) is 4.98 Å². The predicted octanol–water partition coefficient (Wildman–Crippen LogP) is 3.77. The van der Waals surface area contributed by atoms with Gasteiger partial charge >= 0.3 is 0 Å². The maximum atomic E-state index is 12.2. The van der Waals surface area contributed by atoms with Gasteiger partial charge in [0.2, 0.25) is 11.8 Å². The molecule has 1 fully saturated rings. The van der Waals surface area contributed by atoms with Crippen LogP contribution >= 0.6 is 0 Å². The number of hydrogen-bond donors (Lipinski definition) is 1. The Labute approximate surface area is 152 Å². The lowest BCUT2D eigenvalue weighted by atomic mass is 9.94. The average Bonchev–Trinajstić information content (AvgIpc) is 3.18. The fourth-order valence-electron chi connectivity index (χ4n) is 3.53. The van der Waals surface area contributed by atoms with Crippen LogP contribution in [0.2, 0.25) is 0 Å². The van der Waals surface area contributed by atoms with E-state index in [1.807, 2.05) is 18.2 Å². The maximum Gasteiger partial charge on any atom is 0.251 e. The summed E-state index contributed by atoms with van der Waals surface area (Å²) in [6.07, 6.45) is 6.94. The third-order valence-corrected chi connectivity index (χ3v) is 4.80. The molecule has 1 aliphatic heterocycles. The summed E-state index contributed by atoms with van der Waals surface area (Å²) in [7, 11) is 0. The lowest BCUT2D eigenvalue weighted by Crippen LogP contribution is -2.40. The van der Waals surface area contributed by atoms with Crippen molar-refractivity contribution in [3.63, 3.8) is 0 Å². The van der Waals surface area contributed by atoms with Crippen molar-refractivity contribution in [1.29, 1.82) is 0 Å². The molecule has 1 amide bonds. The average molecular weight is 357 g/mol. The van der Waals surface area contributed by atoms with E-state index in [4.69, 9.17) is 14.0 Å². The number of nitrogens with zero attached hydrogens (tertiary/aromatic N) is 2. The van der Waals surface area contributed by atoms with Gasteiger partial charge in [-0.05, 0) is 38.3 Å². The standard InChI is InChI=1S/C19H23N3O4/c1-13-20-18(26-22-13)7-5-6-17(23)21-14-8-9-15-16(12-14)25-19(24-15)10-3-2-4-11-19/h8-9,12H,2-7,10-11H2,1H3,(H,21,23). The van der Waals surface area contributed by atoms with Crippen molar-refractivity contribution in [2.45, 2.75) is 64.1 Å². The third-order valence-electron chi connectivity index (χ3n) is 4.80. The van der Waals surface area contributed by atoms with Gasteiger partial charge in [-0.15, -0.1) is 0 Å². The first-order valence-corrected chi connectivity index (χ1v) is 9.23. The highest BCUT2D eigenvalue weighted by Crippen LogP contribution is 2.46. The second-order valence-electron chi connectivity index (χ2n) is 6.97. The molecular weight excluding hydrogens is 334 g/mol. The van der Waals surface area contributed by atoms with Crippen LogP contribution in [-0.2, 0) is 11.2 Å². The van der Waals surface area contributed by atoms with Gasteiger partial charge < -0.3 is 19.3 Å². The Kier molecular flexibility index (Phi) is 4.53. The molecular formula is C19H23N3O4. The molecule has 0 radical (unpaired) electrons. The first kappa shape index (κ1) is 16.9. The normalized spacial score (nSPS) is 17.4. The summed E-state index contributed by atoms with van der Waals surface area (Å²) in [5.41, 5.74) is 0.721. The maximum absolute atomic E-state index is 12.2. The van der Waals surface area contributed by atoms with Crippen molar-refractivity contribution in [2.75, 3.05) is 5.32 Å². The van der Waals surface area contributed by atoms with E-state index in [2.05, 4.69) is 15.5 Å². The number of aromatic nitrogens is 2. The SMILES string of the molecule is Cc1noc(CCCC(=O)Nc2ccc3c(c2)OC2(CCCCC2)O3)n1. The van der Waals surface area contributed by atoms with Crippen LogP contribution in [0, 0.1) is 6.92 Å². The highest BCUT2D eigenvalue weighted by Gasteiger charge is 2.42. The number of ether oxygens (including phenoxy) is 2. The minimum atomic E-state index is -0.495. The van der Waals surface area contributed by atoms with Crippen LogP contribution in [0.3, 0.4) is 0 Å². The zero-order chi connectivity index (χ0) is 18.0.